The van der Waals surface area contributed by atoms with Crippen LogP contribution in [0.25, 0.3) is 0 Å². The Morgan fingerprint density at radius 1 is 1.50 bits per heavy atom. The highest BCUT2D eigenvalue weighted by Gasteiger charge is 1.98. The van der Waals surface area contributed by atoms with Crippen LogP contribution < -0.4 is 4.74 Å². The fourth-order valence-corrected chi connectivity index (χ4v) is 1.40. The summed E-state index contributed by atoms with van der Waals surface area (Å²) in [7, 11) is 1.62. The Hall–Kier alpha value is -0.870. The SMILES string of the molecule is COCCOc1ccc(C=O)s1. The zero-order valence-electron chi connectivity index (χ0n) is 6.78. The molecule has 1 aromatic heterocycles. The van der Waals surface area contributed by atoms with Crippen LogP contribution in [0.2, 0.25) is 0 Å². The van der Waals surface area contributed by atoms with Gasteiger partial charge in [0.15, 0.2) is 11.3 Å². The van der Waals surface area contributed by atoms with E-state index in [-0.39, 0.29) is 0 Å². The Kier molecular flexibility index (Phi) is 3.76. The first kappa shape index (κ1) is 9.22. The van der Waals surface area contributed by atoms with E-state index in [1.54, 1.807) is 19.2 Å². The van der Waals surface area contributed by atoms with Crippen molar-refractivity contribution >= 4 is 17.6 Å². The number of ether oxygens (including phenoxy) is 2. The summed E-state index contributed by atoms with van der Waals surface area (Å²) >= 11 is 1.34. The lowest BCUT2D eigenvalue weighted by Gasteiger charge is -2.00. The minimum absolute atomic E-state index is 0.523. The average molecular weight is 186 g/mol. The first-order chi connectivity index (χ1) is 5.86. The van der Waals surface area contributed by atoms with Gasteiger partial charge in [0.05, 0.1) is 11.5 Å². The number of thiophene rings is 1. The summed E-state index contributed by atoms with van der Waals surface area (Å²) in [5.41, 5.74) is 0. The maximum atomic E-state index is 10.3. The van der Waals surface area contributed by atoms with E-state index in [2.05, 4.69) is 0 Å². The van der Waals surface area contributed by atoms with E-state index in [4.69, 9.17) is 9.47 Å². The molecule has 3 nitrogen and oxygen atoms in total. The third-order valence-electron chi connectivity index (χ3n) is 1.25. The van der Waals surface area contributed by atoms with Gasteiger partial charge in [0.1, 0.15) is 6.61 Å². The van der Waals surface area contributed by atoms with Crippen molar-refractivity contribution < 1.29 is 14.3 Å². The molecule has 0 aliphatic carbocycles. The maximum absolute atomic E-state index is 10.3. The maximum Gasteiger partial charge on any atom is 0.174 e. The van der Waals surface area contributed by atoms with Crippen LogP contribution in [-0.2, 0) is 4.74 Å². The Labute approximate surface area is 74.9 Å². The number of aldehydes is 1. The molecule has 0 N–H and O–H groups in total. The Morgan fingerprint density at radius 3 is 2.92 bits per heavy atom. The van der Waals surface area contributed by atoms with Gasteiger partial charge < -0.3 is 9.47 Å². The summed E-state index contributed by atoms with van der Waals surface area (Å²) in [6, 6.07) is 3.52. The number of hydrogen-bond donors (Lipinski definition) is 0. The predicted molar refractivity (Wildman–Crippen MR) is 47.1 cm³/mol. The van der Waals surface area contributed by atoms with E-state index in [9.17, 15) is 4.79 Å². The molecule has 1 heterocycles. The molecule has 1 rings (SSSR count). The van der Waals surface area contributed by atoms with Crippen LogP contribution in [0.3, 0.4) is 0 Å². The molecule has 0 saturated carbocycles. The van der Waals surface area contributed by atoms with Gasteiger partial charge in [-0.2, -0.15) is 0 Å². The van der Waals surface area contributed by atoms with E-state index in [0.29, 0.717) is 18.1 Å². The van der Waals surface area contributed by atoms with Gasteiger partial charge in [0.2, 0.25) is 0 Å². The fourth-order valence-electron chi connectivity index (χ4n) is 0.701. The Bertz CT molecular complexity index is 244. The largest absolute Gasteiger partial charge is 0.482 e. The average Bonchev–Trinajstić information content (AvgIpc) is 2.53. The van der Waals surface area contributed by atoms with Crippen LogP contribution in [0, 0.1) is 0 Å². The number of carbonyl (C=O) groups excluding carboxylic acids is 1. The molecule has 0 aromatic carbocycles. The van der Waals surface area contributed by atoms with E-state index < -0.39 is 0 Å². The first-order valence-corrected chi connectivity index (χ1v) is 4.35. The zero-order valence-corrected chi connectivity index (χ0v) is 7.60. The second-order valence-electron chi connectivity index (χ2n) is 2.12. The van der Waals surface area contributed by atoms with Crippen molar-refractivity contribution in [1.82, 2.24) is 0 Å². The molecule has 0 saturated heterocycles. The van der Waals surface area contributed by atoms with Gasteiger partial charge in [-0.25, -0.2) is 0 Å². The molecule has 0 aliphatic heterocycles. The molecule has 12 heavy (non-hydrogen) atoms. The van der Waals surface area contributed by atoms with E-state index in [1.165, 1.54) is 11.3 Å². The van der Waals surface area contributed by atoms with Crippen molar-refractivity contribution in [1.29, 1.82) is 0 Å². The molecular formula is C8H10O3S. The molecule has 66 valence electrons. The third kappa shape index (κ3) is 2.64. The van der Waals surface area contributed by atoms with Crippen molar-refractivity contribution in [3.05, 3.63) is 17.0 Å². The lowest BCUT2D eigenvalue weighted by molar-refractivity contribution is 0.112. The smallest absolute Gasteiger partial charge is 0.174 e. The molecule has 4 heteroatoms. The normalized spacial score (nSPS) is 9.75. The molecule has 0 amide bonds. The molecule has 0 atom stereocenters. The minimum Gasteiger partial charge on any atom is -0.482 e. The molecule has 0 bridgehead atoms. The van der Waals surface area contributed by atoms with Crippen molar-refractivity contribution in [2.24, 2.45) is 0 Å². The van der Waals surface area contributed by atoms with Crippen LogP contribution in [0.15, 0.2) is 12.1 Å². The molecule has 0 spiro atoms. The summed E-state index contributed by atoms with van der Waals surface area (Å²) in [4.78, 5) is 11.0. The van der Waals surface area contributed by atoms with Crippen LogP contribution in [0.5, 0.6) is 5.06 Å². The van der Waals surface area contributed by atoms with Gasteiger partial charge >= 0.3 is 0 Å². The van der Waals surface area contributed by atoms with Crippen molar-refractivity contribution in [3.8, 4) is 5.06 Å². The molecule has 0 unspecified atom stereocenters. The predicted octanol–water partition coefficient (Wildman–Crippen LogP) is 1.59. The Morgan fingerprint density at radius 2 is 2.33 bits per heavy atom. The van der Waals surface area contributed by atoms with Crippen molar-refractivity contribution in [2.45, 2.75) is 0 Å². The summed E-state index contributed by atoms with van der Waals surface area (Å²) in [5, 5.41) is 0.758. The van der Waals surface area contributed by atoms with Gasteiger partial charge in [-0.3, -0.25) is 4.79 Å². The first-order valence-electron chi connectivity index (χ1n) is 3.53. The highest BCUT2D eigenvalue weighted by molar-refractivity contribution is 7.15. The van der Waals surface area contributed by atoms with E-state index >= 15 is 0 Å². The van der Waals surface area contributed by atoms with Crippen molar-refractivity contribution in [2.75, 3.05) is 20.3 Å². The number of hydrogen-bond acceptors (Lipinski definition) is 4. The van der Waals surface area contributed by atoms with Gasteiger partial charge in [0, 0.05) is 7.11 Å². The van der Waals surface area contributed by atoms with Gasteiger partial charge in [-0.05, 0) is 12.1 Å². The van der Waals surface area contributed by atoms with Gasteiger partial charge in [0.25, 0.3) is 0 Å². The topological polar surface area (TPSA) is 35.5 Å². The molecule has 0 fully saturated rings. The zero-order chi connectivity index (χ0) is 8.81. The van der Waals surface area contributed by atoms with E-state index in [1.807, 2.05) is 0 Å². The molecule has 1 aromatic rings. The Balaban J connectivity index is 2.36. The van der Waals surface area contributed by atoms with Crippen molar-refractivity contribution in [3.63, 3.8) is 0 Å². The number of methoxy groups -OCH3 is 1. The quantitative estimate of drug-likeness (QED) is 0.517. The lowest BCUT2D eigenvalue weighted by Crippen LogP contribution is -2.02. The molecule has 0 radical (unpaired) electrons. The minimum atomic E-state index is 0.523. The van der Waals surface area contributed by atoms with Crippen LogP contribution in [0.1, 0.15) is 9.67 Å². The standard InChI is InChI=1S/C8H10O3S/c1-10-4-5-11-8-3-2-7(6-9)12-8/h2-3,6H,4-5H2,1H3. The second kappa shape index (κ2) is 4.90. The molecule has 0 aliphatic rings. The monoisotopic (exact) mass is 186 g/mol. The van der Waals surface area contributed by atoms with Crippen LogP contribution >= 0.6 is 11.3 Å². The highest BCUT2D eigenvalue weighted by atomic mass is 32.1. The number of rotatable bonds is 5. The fraction of sp³-hybridized carbons (Fsp3) is 0.375. The van der Waals surface area contributed by atoms with E-state index in [0.717, 1.165) is 11.3 Å². The van der Waals surface area contributed by atoms with Gasteiger partial charge in [-0.15, -0.1) is 0 Å². The summed E-state index contributed by atoms with van der Waals surface area (Å²) in [6.45, 7) is 1.09. The summed E-state index contributed by atoms with van der Waals surface area (Å²) < 4.78 is 10.1. The second-order valence-corrected chi connectivity index (χ2v) is 3.19. The molecular weight excluding hydrogens is 176 g/mol. The number of carbonyl (C=O) groups is 1. The van der Waals surface area contributed by atoms with Crippen LogP contribution in [-0.4, -0.2) is 26.6 Å². The summed E-state index contributed by atoms with van der Waals surface area (Å²) in [5.74, 6) is 0. The third-order valence-corrected chi connectivity index (χ3v) is 2.17. The lowest BCUT2D eigenvalue weighted by atomic mass is 10.5. The van der Waals surface area contributed by atoms with Crippen LogP contribution in [0.4, 0.5) is 0 Å². The van der Waals surface area contributed by atoms with Gasteiger partial charge in [-0.1, -0.05) is 11.3 Å². The summed E-state index contributed by atoms with van der Waals surface area (Å²) in [6.07, 6.45) is 0.813. The highest BCUT2D eigenvalue weighted by Crippen LogP contribution is 2.22.